The number of Topliss-reactive ketones (excluding diaryl/α,β-unsaturated/α-hetero) is 1. The van der Waals surface area contributed by atoms with E-state index < -0.39 is 12.1 Å². The SMILES string of the molecule is CCC(=O)[C@@H]1C[C@@H](O)CN1C(C)=O. The molecule has 2 atom stereocenters. The van der Waals surface area contributed by atoms with Gasteiger partial charge in [0.2, 0.25) is 5.91 Å². The van der Waals surface area contributed by atoms with Gasteiger partial charge in [-0.15, -0.1) is 0 Å². The van der Waals surface area contributed by atoms with Gasteiger partial charge in [0.05, 0.1) is 12.1 Å². The first-order chi connectivity index (χ1) is 6.06. The summed E-state index contributed by atoms with van der Waals surface area (Å²) in [6.07, 6.45) is 0.275. The Morgan fingerprint density at radius 3 is 2.62 bits per heavy atom. The lowest BCUT2D eigenvalue weighted by Gasteiger charge is -2.20. The Labute approximate surface area is 77.5 Å². The highest BCUT2D eigenvalue weighted by atomic mass is 16.3. The summed E-state index contributed by atoms with van der Waals surface area (Å²) in [6, 6.07) is -0.391. The fourth-order valence-electron chi connectivity index (χ4n) is 1.70. The molecule has 1 aliphatic rings. The summed E-state index contributed by atoms with van der Waals surface area (Å²) in [4.78, 5) is 23.9. The number of aliphatic hydroxyl groups is 1. The van der Waals surface area contributed by atoms with Crippen molar-refractivity contribution >= 4 is 11.7 Å². The van der Waals surface area contributed by atoms with E-state index in [-0.39, 0.29) is 11.7 Å². The number of ketones is 1. The molecule has 1 heterocycles. The topological polar surface area (TPSA) is 57.6 Å². The Morgan fingerprint density at radius 1 is 1.54 bits per heavy atom. The monoisotopic (exact) mass is 185 g/mol. The van der Waals surface area contributed by atoms with E-state index in [4.69, 9.17) is 0 Å². The molecule has 4 heteroatoms. The van der Waals surface area contributed by atoms with E-state index in [0.29, 0.717) is 19.4 Å². The van der Waals surface area contributed by atoms with Crippen molar-refractivity contribution in [2.24, 2.45) is 0 Å². The number of carbonyl (C=O) groups excluding carboxylic acids is 2. The third-order valence-corrected chi connectivity index (χ3v) is 2.40. The van der Waals surface area contributed by atoms with Crippen molar-refractivity contribution in [3.05, 3.63) is 0 Å². The molecule has 0 unspecified atom stereocenters. The van der Waals surface area contributed by atoms with Crippen LogP contribution in [0.5, 0.6) is 0 Å². The number of hydrogen-bond acceptors (Lipinski definition) is 3. The van der Waals surface area contributed by atoms with Gasteiger partial charge in [-0.2, -0.15) is 0 Å². The molecule has 1 fully saturated rings. The predicted octanol–water partition coefficient (Wildman–Crippen LogP) is -0.0528. The van der Waals surface area contributed by atoms with E-state index in [0.717, 1.165) is 0 Å². The molecule has 0 bridgehead atoms. The second-order valence-corrected chi connectivity index (χ2v) is 3.40. The zero-order chi connectivity index (χ0) is 10.0. The lowest BCUT2D eigenvalue weighted by molar-refractivity contribution is -0.135. The lowest BCUT2D eigenvalue weighted by Crippen LogP contribution is -2.39. The minimum absolute atomic E-state index is 0.0340. The van der Waals surface area contributed by atoms with Gasteiger partial charge in [-0.3, -0.25) is 9.59 Å². The van der Waals surface area contributed by atoms with Crippen LogP contribution >= 0.6 is 0 Å². The third kappa shape index (κ3) is 2.06. The largest absolute Gasteiger partial charge is 0.391 e. The van der Waals surface area contributed by atoms with Crippen molar-refractivity contribution in [3.63, 3.8) is 0 Å². The molecule has 1 N–H and O–H groups in total. The molecule has 4 nitrogen and oxygen atoms in total. The van der Waals surface area contributed by atoms with Crippen LogP contribution in [0, 0.1) is 0 Å². The van der Waals surface area contributed by atoms with Gasteiger partial charge in [0.1, 0.15) is 0 Å². The quantitative estimate of drug-likeness (QED) is 0.656. The van der Waals surface area contributed by atoms with E-state index >= 15 is 0 Å². The average Bonchev–Trinajstić information content (AvgIpc) is 2.46. The minimum atomic E-state index is -0.538. The van der Waals surface area contributed by atoms with Gasteiger partial charge >= 0.3 is 0 Å². The predicted molar refractivity (Wildman–Crippen MR) is 47.1 cm³/mol. The van der Waals surface area contributed by atoms with Crippen LogP contribution in [0.4, 0.5) is 0 Å². The fourth-order valence-corrected chi connectivity index (χ4v) is 1.70. The Morgan fingerprint density at radius 2 is 2.15 bits per heavy atom. The molecule has 1 saturated heterocycles. The third-order valence-electron chi connectivity index (χ3n) is 2.40. The highest BCUT2D eigenvalue weighted by molar-refractivity contribution is 5.88. The number of carbonyl (C=O) groups is 2. The molecular formula is C9H15NO3. The summed E-state index contributed by atoms with van der Waals surface area (Å²) in [7, 11) is 0. The van der Waals surface area contributed by atoms with Crippen LogP contribution in [0.15, 0.2) is 0 Å². The lowest BCUT2D eigenvalue weighted by atomic mass is 10.1. The highest BCUT2D eigenvalue weighted by Gasteiger charge is 2.36. The van der Waals surface area contributed by atoms with Gasteiger partial charge in [0.25, 0.3) is 0 Å². The van der Waals surface area contributed by atoms with Crippen LogP contribution < -0.4 is 0 Å². The first-order valence-electron chi connectivity index (χ1n) is 4.54. The smallest absolute Gasteiger partial charge is 0.220 e. The van der Waals surface area contributed by atoms with Gasteiger partial charge in [0.15, 0.2) is 5.78 Å². The number of hydrogen-bond donors (Lipinski definition) is 1. The molecule has 0 aromatic rings. The van der Waals surface area contributed by atoms with E-state index in [1.165, 1.54) is 11.8 Å². The van der Waals surface area contributed by atoms with E-state index in [1.807, 2.05) is 0 Å². The Balaban J connectivity index is 2.71. The Bertz CT molecular complexity index is 227. The molecule has 0 saturated carbocycles. The maximum atomic E-state index is 11.4. The molecule has 74 valence electrons. The van der Waals surface area contributed by atoms with Crippen molar-refractivity contribution in [3.8, 4) is 0 Å². The van der Waals surface area contributed by atoms with Gasteiger partial charge in [-0.25, -0.2) is 0 Å². The fraction of sp³-hybridized carbons (Fsp3) is 0.778. The number of aliphatic hydroxyl groups excluding tert-OH is 1. The molecule has 0 aromatic carbocycles. The summed E-state index contributed by atoms with van der Waals surface area (Å²) in [5.74, 6) is -0.102. The summed E-state index contributed by atoms with van der Waals surface area (Å²) >= 11 is 0. The van der Waals surface area contributed by atoms with Crippen molar-refractivity contribution in [2.45, 2.75) is 38.8 Å². The standard InChI is InChI=1S/C9H15NO3/c1-3-9(13)8-4-7(12)5-10(8)6(2)11/h7-8,12H,3-5H2,1-2H3/t7-,8+/m1/s1. The van der Waals surface area contributed by atoms with Gasteiger partial charge in [0, 0.05) is 26.3 Å². The Hall–Kier alpha value is -0.900. The van der Waals surface area contributed by atoms with Crippen LogP contribution in [-0.2, 0) is 9.59 Å². The molecular weight excluding hydrogens is 170 g/mol. The maximum Gasteiger partial charge on any atom is 0.220 e. The van der Waals surface area contributed by atoms with Crippen LogP contribution in [0.3, 0.4) is 0 Å². The van der Waals surface area contributed by atoms with Crippen molar-refractivity contribution in [1.82, 2.24) is 4.90 Å². The van der Waals surface area contributed by atoms with Crippen molar-refractivity contribution in [1.29, 1.82) is 0 Å². The zero-order valence-electron chi connectivity index (χ0n) is 7.99. The first-order valence-corrected chi connectivity index (χ1v) is 4.54. The van der Waals surface area contributed by atoms with E-state index in [9.17, 15) is 14.7 Å². The molecule has 1 amide bonds. The normalized spacial score (nSPS) is 27.8. The number of likely N-dealkylation sites (tertiary alicyclic amines) is 1. The Kier molecular flexibility index (Phi) is 3.03. The number of rotatable bonds is 2. The van der Waals surface area contributed by atoms with Gasteiger partial charge in [-0.05, 0) is 0 Å². The summed E-state index contributed by atoms with van der Waals surface area (Å²) in [5.41, 5.74) is 0. The highest BCUT2D eigenvalue weighted by Crippen LogP contribution is 2.19. The first kappa shape index (κ1) is 10.2. The zero-order valence-corrected chi connectivity index (χ0v) is 7.99. The number of β-amino-alcohol motifs (C(OH)–C–C–N with tert-alkyl or cyclic N) is 1. The molecule has 0 radical (unpaired) electrons. The number of nitrogens with zero attached hydrogens (tertiary/aromatic N) is 1. The summed E-state index contributed by atoms with van der Waals surface area (Å²) in [6.45, 7) is 3.49. The van der Waals surface area contributed by atoms with Crippen LogP contribution in [-0.4, -0.2) is 40.4 Å². The van der Waals surface area contributed by atoms with Crippen LogP contribution in [0.25, 0.3) is 0 Å². The second kappa shape index (κ2) is 3.87. The molecule has 0 aliphatic carbocycles. The molecule has 1 rings (SSSR count). The minimum Gasteiger partial charge on any atom is -0.391 e. The van der Waals surface area contributed by atoms with Gasteiger partial charge < -0.3 is 10.0 Å². The van der Waals surface area contributed by atoms with E-state index in [1.54, 1.807) is 6.92 Å². The molecule has 0 spiro atoms. The van der Waals surface area contributed by atoms with Crippen molar-refractivity contribution < 1.29 is 14.7 Å². The van der Waals surface area contributed by atoms with Gasteiger partial charge in [-0.1, -0.05) is 6.92 Å². The molecule has 1 aliphatic heterocycles. The van der Waals surface area contributed by atoms with Crippen molar-refractivity contribution in [2.75, 3.05) is 6.54 Å². The average molecular weight is 185 g/mol. The summed E-state index contributed by atoms with van der Waals surface area (Å²) < 4.78 is 0. The van der Waals surface area contributed by atoms with E-state index in [2.05, 4.69) is 0 Å². The maximum absolute atomic E-state index is 11.4. The second-order valence-electron chi connectivity index (χ2n) is 3.40. The summed E-state index contributed by atoms with van der Waals surface area (Å²) in [5, 5.41) is 9.32. The van der Waals surface area contributed by atoms with Crippen LogP contribution in [0.1, 0.15) is 26.7 Å². The molecule has 0 aromatic heterocycles. The molecule has 13 heavy (non-hydrogen) atoms. The van der Waals surface area contributed by atoms with Crippen LogP contribution in [0.2, 0.25) is 0 Å². The number of amides is 1.